The molecule has 4 nitrogen and oxygen atoms in total. The summed E-state index contributed by atoms with van der Waals surface area (Å²) in [7, 11) is 0. The Morgan fingerprint density at radius 3 is 2.78 bits per heavy atom. The number of halogens is 4. The summed E-state index contributed by atoms with van der Waals surface area (Å²) in [6, 6.07) is 4.51. The van der Waals surface area contributed by atoms with Crippen LogP contribution in [0.15, 0.2) is 24.3 Å². The van der Waals surface area contributed by atoms with Gasteiger partial charge in [0.15, 0.2) is 0 Å². The minimum atomic E-state index is -4.39. The highest BCUT2D eigenvalue weighted by molar-refractivity contribution is 5.85. The van der Waals surface area contributed by atoms with Crippen molar-refractivity contribution in [2.45, 2.75) is 31.5 Å². The van der Waals surface area contributed by atoms with E-state index in [9.17, 15) is 18.0 Å². The molecule has 1 heterocycles. The highest BCUT2D eigenvalue weighted by atomic mass is 35.5. The lowest BCUT2D eigenvalue weighted by Gasteiger charge is -2.22. The first-order valence-corrected chi connectivity index (χ1v) is 7.28. The number of hydrogen-bond donors (Lipinski definition) is 2. The monoisotopic (exact) mass is 352 g/mol. The molecule has 1 aromatic rings. The summed E-state index contributed by atoms with van der Waals surface area (Å²) >= 11 is 0. The number of benzene rings is 1. The molecule has 1 amide bonds. The maximum atomic E-state index is 12.5. The Bertz CT molecular complexity index is 506. The van der Waals surface area contributed by atoms with Gasteiger partial charge in [0.1, 0.15) is 12.4 Å². The Morgan fingerprint density at radius 1 is 1.35 bits per heavy atom. The molecule has 1 aliphatic rings. The van der Waals surface area contributed by atoms with E-state index in [1.165, 1.54) is 12.1 Å². The normalized spacial score (nSPS) is 18.0. The third kappa shape index (κ3) is 6.27. The summed E-state index contributed by atoms with van der Waals surface area (Å²) in [6.07, 6.45) is -1.49. The lowest BCUT2D eigenvalue weighted by atomic mass is 10.0. The Kier molecular flexibility index (Phi) is 7.64. The molecule has 0 spiro atoms. The molecule has 130 valence electrons. The van der Waals surface area contributed by atoms with Crippen molar-refractivity contribution in [1.82, 2.24) is 10.6 Å². The molecule has 2 rings (SSSR count). The maximum absolute atomic E-state index is 12.5. The van der Waals surface area contributed by atoms with Gasteiger partial charge in [0.2, 0.25) is 5.91 Å². The SMILES string of the molecule is Cl.O=C(NCCOc1cccc(C(F)(F)F)c1)C1CCCCN1. The maximum Gasteiger partial charge on any atom is 0.416 e. The molecule has 0 aromatic heterocycles. The molecular weight excluding hydrogens is 333 g/mol. The number of carbonyl (C=O) groups excluding carboxylic acids is 1. The second-order valence-corrected chi connectivity index (χ2v) is 5.17. The predicted octanol–water partition coefficient (Wildman–Crippen LogP) is 2.76. The first-order chi connectivity index (χ1) is 10.5. The Labute approximate surface area is 139 Å². The standard InChI is InChI=1S/C15H19F3N2O2.ClH/c16-15(17,18)11-4-3-5-12(10-11)22-9-8-20-14(21)13-6-1-2-7-19-13;/h3-5,10,13,19H,1-2,6-9H2,(H,20,21);1H. The highest BCUT2D eigenvalue weighted by Gasteiger charge is 2.30. The van der Waals surface area contributed by atoms with Gasteiger partial charge in [-0.05, 0) is 37.6 Å². The van der Waals surface area contributed by atoms with Crippen LogP contribution in [0.4, 0.5) is 13.2 Å². The molecule has 1 unspecified atom stereocenters. The summed E-state index contributed by atoms with van der Waals surface area (Å²) < 4.78 is 42.9. The van der Waals surface area contributed by atoms with Gasteiger partial charge in [-0.3, -0.25) is 4.79 Å². The quantitative estimate of drug-likeness (QED) is 0.801. The van der Waals surface area contributed by atoms with Crippen molar-refractivity contribution in [3.05, 3.63) is 29.8 Å². The van der Waals surface area contributed by atoms with Crippen molar-refractivity contribution in [3.8, 4) is 5.75 Å². The van der Waals surface area contributed by atoms with Crippen molar-refractivity contribution in [1.29, 1.82) is 0 Å². The van der Waals surface area contributed by atoms with E-state index in [0.717, 1.165) is 37.9 Å². The number of nitrogens with one attached hydrogen (secondary N) is 2. The van der Waals surface area contributed by atoms with Gasteiger partial charge in [0.25, 0.3) is 0 Å². The van der Waals surface area contributed by atoms with Crippen LogP contribution in [0.1, 0.15) is 24.8 Å². The molecule has 23 heavy (non-hydrogen) atoms. The number of ether oxygens (including phenoxy) is 1. The van der Waals surface area contributed by atoms with Crippen LogP contribution in [0.25, 0.3) is 0 Å². The Hall–Kier alpha value is -1.47. The zero-order chi connectivity index (χ0) is 16.0. The van der Waals surface area contributed by atoms with Crippen molar-refractivity contribution in [3.63, 3.8) is 0 Å². The van der Waals surface area contributed by atoms with Gasteiger partial charge in [0.05, 0.1) is 18.2 Å². The van der Waals surface area contributed by atoms with Gasteiger partial charge >= 0.3 is 6.18 Å². The number of rotatable bonds is 5. The summed E-state index contributed by atoms with van der Waals surface area (Å²) in [5.41, 5.74) is -0.750. The van der Waals surface area contributed by atoms with Crippen LogP contribution < -0.4 is 15.4 Å². The van der Waals surface area contributed by atoms with E-state index in [-0.39, 0.29) is 43.3 Å². The third-order valence-corrected chi connectivity index (χ3v) is 3.46. The van der Waals surface area contributed by atoms with Crippen LogP contribution in [0.5, 0.6) is 5.75 Å². The Balaban J connectivity index is 0.00000264. The van der Waals surface area contributed by atoms with E-state index in [1.54, 1.807) is 0 Å². The zero-order valence-electron chi connectivity index (χ0n) is 12.5. The molecular formula is C15H20ClF3N2O2. The molecule has 0 radical (unpaired) electrons. The van der Waals surface area contributed by atoms with Crippen LogP contribution in [0.3, 0.4) is 0 Å². The topological polar surface area (TPSA) is 50.4 Å². The first kappa shape index (κ1) is 19.6. The van der Waals surface area contributed by atoms with Crippen molar-refractivity contribution >= 4 is 18.3 Å². The number of amides is 1. The fourth-order valence-electron chi connectivity index (χ4n) is 2.30. The summed E-state index contributed by atoms with van der Waals surface area (Å²) in [6.45, 7) is 1.21. The fraction of sp³-hybridized carbons (Fsp3) is 0.533. The fourth-order valence-corrected chi connectivity index (χ4v) is 2.30. The second kappa shape index (κ2) is 8.98. The molecule has 0 aliphatic carbocycles. The van der Waals surface area contributed by atoms with Gasteiger partial charge < -0.3 is 15.4 Å². The minimum absolute atomic E-state index is 0. The van der Waals surface area contributed by atoms with Crippen LogP contribution in [0, 0.1) is 0 Å². The molecule has 8 heteroatoms. The van der Waals surface area contributed by atoms with Crippen molar-refractivity contribution in [2.75, 3.05) is 19.7 Å². The lowest BCUT2D eigenvalue weighted by molar-refractivity contribution is -0.137. The molecule has 1 aliphatic heterocycles. The molecule has 1 saturated heterocycles. The van der Waals surface area contributed by atoms with Crippen LogP contribution in [0.2, 0.25) is 0 Å². The minimum Gasteiger partial charge on any atom is -0.492 e. The second-order valence-electron chi connectivity index (χ2n) is 5.17. The highest BCUT2D eigenvalue weighted by Crippen LogP contribution is 2.31. The molecule has 2 N–H and O–H groups in total. The largest absolute Gasteiger partial charge is 0.492 e. The lowest BCUT2D eigenvalue weighted by Crippen LogP contribution is -2.47. The summed E-state index contributed by atoms with van der Waals surface area (Å²) in [4.78, 5) is 11.8. The van der Waals surface area contributed by atoms with E-state index in [0.29, 0.717) is 0 Å². The van der Waals surface area contributed by atoms with Gasteiger partial charge in [-0.2, -0.15) is 13.2 Å². The molecule has 0 saturated carbocycles. The summed E-state index contributed by atoms with van der Waals surface area (Å²) in [5, 5.41) is 5.84. The smallest absolute Gasteiger partial charge is 0.416 e. The van der Waals surface area contributed by atoms with E-state index in [1.807, 2.05) is 0 Å². The number of hydrogen-bond acceptors (Lipinski definition) is 3. The van der Waals surface area contributed by atoms with Gasteiger partial charge in [0, 0.05) is 0 Å². The van der Waals surface area contributed by atoms with Crippen LogP contribution in [-0.4, -0.2) is 31.6 Å². The number of alkyl halides is 3. The molecule has 0 bridgehead atoms. The Morgan fingerprint density at radius 2 is 2.13 bits per heavy atom. The van der Waals surface area contributed by atoms with Gasteiger partial charge in [-0.1, -0.05) is 12.5 Å². The predicted molar refractivity (Wildman–Crippen MR) is 82.8 cm³/mol. The number of piperidine rings is 1. The van der Waals surface area contributed by atoms with E-state index < -0.39 is 11.7 Å². The summed E-state index contributed by atoms with van der Waals surface area (Å²) in [5.74, 6) is 0.0483. The average Bonchev–Trinajstić information content (AvgIpc) is 2.52. The van der Waals surface area contributed by atoms with Crippen molar-refractivity contribution < 1.29 is 22.7 Å². The van der Waals surface area contributed by atoms with Crippen molar-refractivity contribution in [2.24, 2.45) is 0 Å². The van der Waals surface area contributed by atoms with Gasteiger partial charge in [-0.15, -0.1) is 12.4 Å². The average molecular weight is 353 g/mol. The van der Waals surface area contributed by atoms with Crippen LogP contribution >= 0.6 is 12.4 Å². The third-order valence-electron chi connectivity index (χ3n) is 3.46. The molecule has 1 fully saturated rings. The van der Waals surface area contributed by atoms with Gasteiger partial charge in [-0.25, -0.2) is 0 Å². The molecule has 1 atom stereocenters. The van der Waals surface area contributed by atoms with E-state index >= 15 is 0 Å². The zero-order valence-corrected chi connectivity index (χ0v) is 13.3. The molecule has 1 aromatic carbocycles. The number of carbonyl (C=O) groups is 1. The van der Waals surface area contributed by atoms with E-state index in [4.69, 9.17) is 4.74 Å². The first-order valence-electron chi connectivity index (χ1n) is 7.28. The van der Waals surface area contributed by atoms with E-state index in [2.05, 4.69) is 10.6 Å². The van der Waals surface area contributed by atoms with Crippen LogP contribution in [-0.2, 0) is 11.0 Å².